The van der Waals surface area contributed by atoms with Gasteiger partial charge in [-0.1, -0.05) is 25.3 Å². The van der Waals surface area contributed by atoms with Gasteiger partial charge in [0.25, 0.3) is 0 Å². The fourth-order valence-corrected chi connectivity index (χ4v) is 3.87. The highest BCUT2D eigenvalue weighted by atomic mass is 16.2. The van der Waals surface area contributed by atoms with Crippen LogP contribution in [0.1, 0.15) is 62.1 Å². The van der Waals surface area contributed by atoms with Crippen LogP contribution in [0.25, 0.3) is 0 Å². The van der Waals surface area contributed by atoms with Crippen LogP contribution in [-0.2, 0) is 11.2 Å². The third kappa shape index (κ3) is 4.87. The van der Waals surface area contributed by atoms with E-state index in [0.29, 0.717) is 0 Å². The van der Waals surface area contributed by atoms with Crippen molar-refractivity contribution in [1.29, 1.82) is 0 Å². The van der Waals surface area contributed by atoms with Gasteiger partial charge in [0.2, 0.25) is 5.91 Å². The first-order valence-corrected chi connectivity index (χ1v) is 9.34. The molecule has 0 saturated heterocycles. The van der Waals surface area contributed by atoms with Crippen LogP contribution >= 0.6 is 0 Å². The van der Waals surface area contributed by atoms with Crippen molar-refractivity contribution in [3.05, 3.63) is 29.3 Å². The van der Waals surface area contributed by atoms with Crippen molar-refractivity contribution in [3.8, 4) is 0 Å². The number of nitrogens with two attached hydrogens (primary N) is 1. The lowest BCUT2D eigenvalue weighted by Gasteiger charge is -2.27. The summed E-state index contributed by atoms with van der Waals surface area (Å²) >= 11 is 0. The molecule has 0 aromatic heterocycles. The number of anilines is 1. The molecule has 1 aromatic rings. The van der Waals surface area contributed by atoms with Crippen molar-refractivity contribution in [2.75, 3.05) is 12.3 Å². The Labute approximate surface area is 148 Å². The molecule has 1 aromatic carbocycles. The number of carbonyl (C=O) groups excluding carboxylic acids is 2. The quantitative estimate of drug-likeness (QED) is 0.632. The summed E-state index contributed by atoms with van der Waals surface area (Å²) in [6, 6.07) is 5.85. The van der Waals surface area contributed by atoms with Gasteiger partial charge >= 0.3 is 6.03 Å². The first kappa shape index (κ1) is 17.6. The molecule has 6 nitrogen and oxygen atoms in total. The first-order valence-electron chi connectivity index (χ1n) is 9.34. The minimum absolute atomic E-state index is 0.0000516. The van der Waals surface area contributed by atoms with Gasteiger partial charge in [-0.05, 0) is 55.4 Å². The predicted octanol–water partition coefficient (Wildman–Crippen LogP) is 2.39. The number of aryl methyl sites for hydroxylation is 1. The number of carbonyl (C=O) groups is 2. The summed E-state index contributed by atoms with van der Waals surface area (Å²) in [5.41, 5.74) is 8.95. The second-order valence-corrected chi connectivity index (χ2v) is 7.13. The summed E-state index contributed by atoms with van der Waals surface area (Å²) in [5, 5.41) is 8.66. The normalized spacial score (nSPS) is 20.4. The van der Waals surface area contributed by atoms with E-state index in [0.717, 1.165) is 56.2 Å². The van der Waals surface area contributed by atoms with Crippen LogP contribution in [-0.4, -0.2) is 24.5 Å². The molecule has 0 heterocycles. The van der Waals surface area contributed by atoms with Gasteiger partial charge < -0.3 is 21.7 Å². The average Bonchev–Trinajstić information content (AvgIpc) is 2.61. The SMILES string of the molecule is Nc1ccc2c(c1)CCCC2NC(=O)CNC(=O)NC1CCCCC1. The molecule has 3 amide bonds. The third-order valence-electron chi connectivity index (χ3n) is 5.17. The number of hydrogen-bond acceptors (Lipinski definition) is 3. The van der Waals surface area contributed by atoms with Crippen LogP contribution in [0, 0.1) is 0 Å². The van der Waals surface area contributed by atoms with Crippen LogP contribution in [0.15, 0.2) is 18.2 Å². The molecule has 2 aliphatic rings. The highest BCUT2D eigenvalue weighted by Crippen LogP contribution is 2.30. The second kappa shape index (κ2) is 8.23. The molecule has 1 atom stereocenters. The summed E-state index contributed by atoms with van der Waals surface area (Å²) in [6.07, 6.45) is 8.57. The maximum Gasteiger partial charge on any atom is 0.315 e. The molecule has 136 valence electrons. The van der Waals surface area contributed by atoms with Crippen LogP contribution in [0.3, 0.4) is 0 Å². The molecule has 1 fully saturated rings. The molecular formula is C19H28N4O2. The predicted molar refractivity (Wildman–Crippen MR) is 98.1 cm³/mol. The van der Waals surface area contributed by atoms with E-state index in [1.807, 2.05) is 18.2 Å². The van der Waals surface area contributed by atoms with E-state index >= 15 is 0 Å². The van der Waals surface area contributed by atoms with Crippen molar-refractivity contribution in [3.63, 3.8) is 0 Å². The van der Waals surface area contributed by atoms with Gasteiger partial charge in [-0.15, -0.1) is 0 Å². The standard InChI is InChI=1S/C19H28N4O2/c20-14-9-10-16-13(11-14)5-4-8-17(16)23-18(24)12-21-19(25)22-15-6-2-1-3-7-15/h9-11,15,17H,1-8,12,20H2,(H,23,24)(H2,21,22,25). The zero-order valence-corrected chi connectivity index (χ0v) is 14.6. The Morgan fingerprint density at radius 3 is 2.64 bits per heavy atom. The molecule has 0 radical (unpaired) electrons. The molecule has 1 unspecified atom stereocenters. The fourth-order valence-electron chi connectivity index (χ4n) is 3.87. The van der Waals surface area contributed by atoms with Crippen LogP contribution < -0.4 is 21.7 Å². The Hall–Kier alpha value is -2.24. The van der Waals surface area contributed by atoms with E-state index in [-0.39, 0.29) is 30.6 Å². The van der Waals surface area contributed by atoms with Crippen LogP contribution in [0.2, 0.25) is 0 Å². The summed E-state index contributed by atoms with van der Waals surface area (Å²) in [6.45, 7) is -0.000636. The van der Waals surface area contributed by atoms with Gasteiger partial charge in [0, 0.05) is 11.7 Å². The average molecular weight is 344 g/mol. The molecule has 1 saturated carbocycles. The van der Waals surface area contributed by atoms with Crippen LogP contribution in [0.5, 0.6) is 0 Å². The molecule has 0 aliphatic heterocycles. The second-order valence-electron chi connectivity index (χ2n) is 7.13. The smallest absolute Gasteiger partial charge is 0.315 e. The lowest BCUT2D eigenvalue weighted by atomic mass is 9.87. The summed E-state index contributed by atoms with van der Waals surface area (Å²) < 4.78 is 0. The number of fused-ring (bicyclic) bond motifs is 1. The van der Waals surface area contributed by atoms with E-state index in [4.69, 9.17) is 5.73 Å². The number of hydrogen-bond donors (Lipinski definition) is 4. The molecule has 6 heteroatoms. The Morgan fingerprint density at radius 1 is 1.04 bits per heavy atom. The van der Waals surface area contributed by atoms with E-state index in [2.05, 4.69) is 16.0 Å². The van der Waals surface area contributed by atoms with E-state index in [9.17, 15) is 9.59 Å². The van der Waals surface area contributed by atoms with Gasteiger partial charge in [0.05, 0.1) is 12.6 Å². The molecule has 25 heavy (non-hydrogen) atoms. The number of nitrogens with one attached hydrogen (secondary N) is 3. The Balaban J connectivity index is 1.46. The van der Waals surface area contributed by atoms with E-state index in [1.165, 1.54) is 12.0 Å². The Bertz CT molecular complexity index is 626. The number of nitrogen functional groups attached to an aromatic ring is 1. The third-order valence-corrected chi connectivity index (χ3v) is 5.17. The zero-order valence-electron chi connectivity index (χ0n) is 14.6. The van der Waals surface area contributed by atoms with Gasteiger partial charge in [-0.3, -0.25) is 4.79 Å². The molecular weight excluding hydrogens is 316 g/mol. The molecule has 3 rings (SSSR count). The number of amides is 3. The van der Waals surface area contributed by atoms with Crippen molar-refractivity contribution in [2.24, 2.45) is 0 Å². The van der Waals surface area contributed by atoms with Gasteiger partial charge in [-0.25, -0.2) is 4.79 Å². The van der Waals surface area contributed by atoms with E-state index < -0.39 is 0 Å². The van der Waals surface area contributed by atoms with Crippen molar-refractivity contribution >= 4 is 17.6 Å². The maximum atomic E-state index is 12.2. The Kier molecular flexibility index (Phi) is 5.79. The number of urea groups is 1. The zero-order chi connectivity index (χ0) is 17.6. The lowest BCUT2D eigenvalue weighted by Crippen LogP contribution is -2.46. The molecule has 0 spiro atoms. The molecule has 0 bridgehead atoms. The number of rotatable bonds is 4. The monoisotopic (exact) mass is 344 g/mol. The fraction of sp³-hybridized carbons (Fsp3) is 0.579. The summed E-state index contributed by atoms with van der Waals surface area (Å²) in [4.78, 5) is 24.1. The highest BCUT2D eigenvalue weighted by Gasteiger charge is 2.22. The maximum absolute atomic E-state index is 12.2. The van der Waals surface area contributed by atoms with Gasteiger partial charge in [0.1, 0.15) is 0 Å². The largest absolute Gasteiger partial charge is 0.399 e. The van der Waals surface area contributed by atoms with Crippen LogP contribution in [0.4, 0.5) is 10.5 Å². The minimum atomic E-state index is -0.251. The Morgan fingerprint density at radius 2 is 1.84 bits per heavy atom. The summed E-state index contributed by atoms with van der Waals surface area (Å²) in [7, 11) is 0. The van der Waals surface area contributed by atoms with Crippen molar-refractivity contribution in [1.82, 2.24) is 16.0 Å². The minimum Gasteiger partial charge on any atom is -0.399 e. The first-order chi connectivity index (χ1) is 12.1. The molecule has 2 aliphatic carbocycles. The summed E-state index contributed by atoms with van der Waals surface area (Å²) in [5.74, 6) is -0.159. The number of benzene rings is 1. The van der Waals surface area contributed by atoms with E-state index in [1.54, 1.807) is 0 Å². The van der Waals surface area contributed by atoms with Gasteiger partial charge in [-0.2, -0.15) is 0 Å². The molecule has 5 N–H and O–H groups in total. The highest BCUT2D eigenvalue weighted by molar-refractivity contribution is 5.84. The lowest BCUT2D eigenvalue weighted by molar-refractivity contribution is -0.120. The topological polar surface area (TPSA) is 96.2 Å². The van der Waals surface area contributed by atoms with Crippen molar-refractivity contribution in [2.45, 2.75) is 63.5 Å². The van der Waals surface area contributed by atoms with Crippen molar-refractivity contribution < 1.29 is 9.59 Å². The van der Waals surface area contributed by atoms with Gasteiger partial charge in [0.15, 0.2) is 0 Å².